The summed E-state index contributed by atoms with van der Waals surface area (Å²) in [5, 5.41) is 3.61. The molecule has 0 saturated carbocycles. The average Bonchev–Trinajstić information content (AvgIpc) is 3.02. The Balaban J connectivity index is 0.00000147. The zero-order valence-corrected chi connectivity index (χ0v) is 13.0. The molecule has 0 aromatic heterocycles. The van der Waals surface area contributed by atoms with Crippen molar-refractivity contribution in [2.75, 3.05) is 26.2 Å². The number of piperidine rings is 1. The lowest BCUT2D eigenvalue weighted by Gasteiger charge is -2.37. The molecule has 0 aromatic carbocycles. The molecular formula is C15H27ClN2O2. The fraction of sp³-hybridized carbons (Fsp3) is 0.933. The molecule has 0 bridgehead atoms. The van der Waals surface area contributed by atoms with Gasteiger partial charge in [-0.3, -0.25) is 4.79 Å². The highest BCUT2D eigenvalue weighted by atomic mass is 35.5. The second-order valence-electron chi connectivity index (χ2n) is 6.22. The standard InChI is InChI=1S/C15H26N2O2.ClH/c18-15(14-5-1-2-11-19-14)17-9-6-12(7-10-17)13-4-3-8-16-13;/h12-14,16H,1-11H2;1H. The third-order valence-corrected chi connectivity index (χ3v) is 4.97. The van der Waals surface area contributed by atoms with Gasteiger partial charge >= 0.3 is 0 Å². The lowest BCUT2D eigenvalue weighted by molar-refractivity contribution is -0.148. The number of likely N-dealkylation sites (tertiary alicyclic amines) is 1. The normalized spacial score (nSPS) is 31.9. The maximum atomic E-state index is 12.4. The van der Waals surface area contributed by atoms with Gasteiger partial charge in [-0.15, -0.1) is 12.4 Å². The molecule has 1 amide bonds. The number of hydrogen-bond donors (Lipinski definition) is 1. The van der Waals surface area contributed by atoms with Crippen LogP contribution < -0.4 is 5.32 Å². The predicted molar refractivity (Wildman–Crippen MR) is 81.2 cm³/mol. The first-order chi connectivity index (χ1) is 9.34. The fourth-order valence-electron chi connectivity index (χ4n) is 3.78. The van der Waals surface area contributed by atoms with E-state index in [4.69, 9.17) is 4.74 Å². The van der Waals surface area contributed by atoms with Gasteiger partial charge in [0.1, 0.15) is 6.10 Å². The third-order valence-electron chi connectivity index (χ3n) is 4.97. The van der Waals surface area contributed by atoms with Crippen molar-refractivity contribution in [1.29, 1.82) is 0 Å². The second kappa shape index (κ2) is 7.62. The van der Waals surface area contributed by atoms with Gasteiger partial charge in [0.2, 0.25) is 0 Å². The Bertz CT molecular complexity index is 307. The van der Waals surface area contributed by atoms with Crippen molar-refractivity contribution < 1.29 is 9.53 Å². The topological polar surface area (TPSA) is 41.6 Å². The summed E-state index contributed by atoms with van der Waals surface area (Å²) in [7, 11) is 0. The monoisotopic (exact) mass is 302 g/mol. The van der Waals surface area contributed by atoms with Gasteiger partial charge in [0.25, 0.3) is 5.91 Å². The summed E-state index contributed by atoms with van der Waals surface area (Å²) >= 11 is 0. The third kappa shape index (κ3) is 3.66. The van der Waals surface area contributed by atoms with E-state index < -0.39 is 0 Å². The van der Waals surface area contributed by atoms with E-state index in [0.29, 0.717) is 6.04 Å². The van der Waals surface area contributed by atoms with Crippen LogP contribution in [0.25, 0.3) is 0 Å². The number of halogens is 1. The summed E-state index contributed by atoms with van der Waals surface area (Å²) < 4.78 is 5.62. The van der Waals surface area contributed by atoms with Crippen LogP contribution in [0.2, 0.25) is 0 Å². The van der Waals surface area contributed by atoms with Gasteiger partial charge in [-0.2, -0.15) is 0 Å². The van der Waals surface area contributed by atoms with Gasteiger partial charge in [-0.25, -0.2) is 0 Å². The number of rotatable bonds is 2. The van der Waals surface area contributed by atoms with Gasteiger partial charge in [-0.05, 0) is 57.4 Å². The molecule has 3 aliphatic heterocycles. The molecule has 0 aromatic rings. The fourth-order valence-corrected chi connectivity index (χ4v) is 3.78. The first kappa shape index (κ1) is 16.1. The Morgan fingerprint density at radius 2 is 1.85 bits per heavy atom. The van der Waals surface area contributed by atoms with E-state index in [1.807, 2.05) is 4.90 Å². The summed E-state index contributed by atoms with van der Waals surface area (Å²) in [6.07, 6.45) is 7.99. The SMILES string of the molecule is Cl.O=C(C1CCCCO1)N1CCC(C2CCCN2)CC1. The number of hydrogen-bond acceptors (Lipinski definition) is 3. The van der Waals surface area contributed by atoms with Crippen LogP contribution in [-0.4, -0.2) is 49.2 Å². The Morgan fingerprint density at radius 1 is 1.05 bits per heavy atom. The summed E-state index contributed by atoms with van der Waals surface area (Å²) in [6, 6.07) is 0.711. The van der Waals surface area contributed by atoms with Gasteiger partial charge in [-0.1, -0.05) is 0 Å². The minimum absolute atomic E-state index is 0. The predicted octanol–water partition coefficient (Wildman–Crippen LogP) is 1.97. The number of carbonyl (C=O) groups is 1. The maximum absolute atomic E-state index is 12.4. The quantitative estimate of drug-likeness (QED) is 0.848. The molecule has 20 heavy (non-hydrogen) atoms. The molecular weight excluding hydrogens is 276 g/mol. The molecule has 116 valence electrons. The maximum Gasteiger partial charge on any atom is 0.251 e. The van der Waals surface area contributed by atoms with Crippen LogP contribution >= 0.6 is 12.4 Å². The summed E-state index contributed by atoms with van der Waals surface area (Å²) in [6.45, 7) is 3.81. The molecule has 4 nitrogen and oxygen atoms in total. The van der Waals surface area contributed by atoms with Crippen molar-refractivity contribution in [1.82, 2.24) is 10.2 Å². The van der Waals surface area contributed by atoms with Gasteiger partial charge in [0, 0.05) is 25.7 Å². The molecule has 5 heteroatoms. The van der Waals surface area contributed by atoms with Crippen LogP contribution in [0.1, 0.15) is 44.9 Å². The van der Waals surface area contributed by atoms with E-state index >= 15 is 0 Å². The molecule has 0 spiro atoms. The van der Waals surface area contributed by atoms with Gasteiger partial charge in [0.05, 0.1) is 0 Å². The molecule has 0 radical (unpaired) electrons. The van der Waals surface area contributed by atoms with Crippen molar-refractivity contribution in [3.05, 3.63) is 0 Å². The van der Waals surface area contributed by atoms with Crippen molar-refractivity contribution in [2.45, 2.75) is 57.1 Å². The molecule has 3 rings (SSSR count). The Kier molecular flexibility index (Phi) is 6.12. The second-order valence-corrected chi connectivity index (χ2v) is 6.22. The van der Waals surface area contributed by atoms with Crippen LogP contribution in [0.4, 0.5) is 0 Å². The van der Waals surface area contributed by atoms with Crippen molar-refractivity contribution in [2.24, 2.45) is 5.92 Å². The van der Waals surface area contributed by atoms with Gasteiger partial charge in [0.15, 0.2) is 0 Å². The van der Waals surface area contributed by atoms with Crippen LogP contribution in [-0.2, 0) is 9.53 Å². The van der Waals surface area contributed by atoms with E-state index in [-0.39, 0.29) is 24.4 Å². The molecule has 3 fully saturated rings. The first-order valence-electron chi connectivity index (χ1n) is 7.98. The zero-order chi connectivity index (χ0) is 13.1. The molecule has 3 heterocycles. The zero-order valence-electron chi connectivity index (χ0n) is 12.2. The molecule has 0 aliphatic carbocycles. The first-order valence-corrected chi connectivity index (χ1v) is 7.98. The minimum Gasteiger partial charge on any atom is -0.368 e. The highest BCUT2D eigenvalue weighted by Crippen LogP contribution is 2.26. The van der Waals surface area contributed by atoms with Crippen LogP contribution in [0.3, 0.4) is 0 Å². The Morgan fingerprint density at radius 3 is 2.45 bits per heavy atom. The van der Waals surface area contributed by atoms with Gasteiger partial charge < -0.3 is 15.0 Å². The number of nitrogens with one attached hydrogen (secondary N) is 1. The number of amides is 1. The number of ether oxygens (including phenoxy) is 1. The lowest BCUT2D eigenvalue weighted by Crippen LogP contribution is -2.47. The van der Waals surface area contributed by atoms with Crippen molar-refractivity contribution in [3.8, 4) is 0 Å². The van der Waals surface area contributed by atoms with Crippen LogP contribution in [0, 0.1) is 5.92 Å². The summed E-state index contributed by atoms with van der Waals surface area (Å²) in [5.41, 5.74) is 0. The van der Waals surface area contributed by atoms with E-state index in [9.17, 15) is 4.79 Å². The van der Waals surface area contributed by atoms with Crippen LogP contribution in [0.15, 0.2) is 0 Å². The Labute approximate surface area is 128 Å². The molecule has 3 aliphatic rings. The number of nitrogens with zero attached hydrogens (tertiary/aromatic N) is 1. The molecule has 1 N–H and O–H groups in total. The highest BCUT2D eigenvalue weighted by molar-refractivity contribution is 5.85. The van der Waals surface area contributed by atoms with E-state index in [0.717, 1.165) is 57.7 Å². The van der Waals surface area contributed by atoms with Crippen LogP contribution in [0.5, 0.6) is 0 Å². The smallest absolute Gasteiger partial charge is 0.251 e. The van der Waals surface area contributed by atoms with E-state index in [1.165, 1.54) is 19.4 Å². The van der Waals surface area contributed by atoms with Crippen molar-refractivity contribution in [3.63, 3.8) is 0 Å². The highest BCUT2D eigenvalue weighted by Gasteiger charge is 2.33. The van der Waals surface area contributed by atoms with E-state index in [1.54, 1.807) is 0 Å². The van der Waals surface area contributed by atoms with E-state index in [2.05, 4.69) is 5.32 Å². The molecule has 2 atom stereocenters. The Hall–Kier alpha value is -0.320. The lowest BCUT2D eigenvalue weighted by atomic mass is 9.88. The average molecular weight is 303 g/mol. The summed E-state index contributed by atoms with van der Waals surface area (Å²) in [4.78, 5) is 14.4. The number of carbonyl (C=O) groups excluding carboxylic acids is 1. The van der Waals surface area contributed by atoms with Crippen molar-refractivity contribution >= 4 is 18.3 Å². The largest absolute Gasteiger partial charge is 0.368 e. The molecule has 3 saturated heterocycles. The minimum atomic E-state index is -0.144. The summed E-state index contributed by atoms with van der Waals surface area (Å²) in [5.74, 6) is 1.02. The molecule has 2 unspecified atom stereocenters.